The van der Waals surface area contributed by atoms with Gasteiger partial charge in [-0.05, 0) is 51.8 Å². The van der Waals surface area contributed by atoms with E-state index in [2.05, 4.69) is 95.0 Å². The number of benzene rings is 1. The number of nitrogens with zero attached hydrogens (tertiary/aromatic N) is 5. The molecule has 0 fully saturated rings. The van der Waals surface area contributed by atoms with Crippen LogP contribution >= 0.6 is 0 Å². The molecule has 0 saturated carbocycles. The molecular weight excluding hydrogens is 372 g/mol. The predicted molar refractivity (Wildman–Crippen MR) is 124 cm³/mol. The molecule has 2 aromatic heterocycles. The molecule has 6 nitrogen and oxygen atoms in total. The summed E-state index contributed by atoms with van der Waals surface area (Å²) in [7, 11) is 2.13. The fourth-order valence-corrected chi connectivity index (χ4v) is 3.60. The molecule has 1 atom stereocenters. The largest absolute Gasteiger partial charge is 0.375 e. The maximum atomic E-state index is 4.68. The second kappa shape index (κ2) is 9.74. The normalized spacial score (nSPS) is 12.1. The molecule has 160 valence electrons. The Bertz CT molecular complexity index is 963. The highest BCUT2D eigenvalue weighted by Gasteiger charge is 2.14. The van der Waals surface area contributed by atoms with Gasteiger partial charge in [-0.25, -0.2) is 9.97 Å². The van der Waals surface area contributed by atoms with Gasteiger partial charge in [0.15, 0.2) is 0 Å². The van der Waals surface area contributed by atoms with E-state index in [1.165, 1.54) is 16.9 Å². The third kappa shape index (κ3) is 5.38. The lowest BCUT2D eigenvalue weighted by molar-refractivity contribution is 0.519. The second-order valence-corrected chi connectivity index (χ2v) is 8.14. The van der Waals surface area contributed by atoms with E-state index in [-0.39, 0.29) is 5.92 Å². The van der Waals surface area contributed by atoms with E-state index in [9.17, 15) is 0 Å². The Kier molecular flexibility index (Phi) is 7.08. The zero-order chi connectivity index (χ0) is 21.7. The highest BCUT2D eigenvalue weighted by Crippen LogP contribution is 2.21. The van der Waals surface area contributed by atoms with Gasteiger partial charge in [0.2, 0.25) is 0 Å². The Morgan fingerprint density at radius 1 is 1.07 bits per heavy atom. The minimum absolute atomic E-state index is 0.258. The number of anilines is 2. The van der Waals surface area contributed by atoms with Crippen molar-refractivity contribution in [2.75, 3.05) is 30.4 Å². The molecule has 0 unspecified atom stereocenters. The molecule has 1 N–H and O–H groups in total. The van der Waals surface area contributed by atoms with Crippen LogP contribution in [0.3, 0.4) is 0 Å². The molecule has 30 heavy (non-hydrogen) atoms. The lowest BCUT2D eigenvalue weighted by Crippen LogP contribution is -2.21. The highest BCUT2D eigenvalue weighted by molar-refractivity contribution is 5.45. The Hall–Kier alpha value is -2.89. The topological polar surface area (TPSA) is 58.9 Å². The van der Waals surface area contributed by atoms with Crippen LogP contribution < -0.4 is 10.2 Å². The van der Waals surface area contributed by atoms with Gasteiger partial charge in [-0.3, -0.25) is 4.68 Å². The molecule has 0 saturated heterocycles. The number of nitrogens with one attached hydrogen (secondary N) is 1. The van der Waals surface area contributed by atoms with Crippen molar-refractivity contribution >= 4 is 11.5 Å². The number of aryl methyl sites for hydroxylation is 2. The molecule has 3 aromatic rings. The van der Waals surface area contributed by atoms with Crippen LogP contribution in [0.5, 0.6) is 0 Å². The van der Waals surface area contributed by atoms with E-state index in [0.29, 0.717) is 0 Å². The molecule has 0 amide bonds. The van der Waals surface area contributed by atoms with Crippen molar-refractivity contribution in [1.82, 2.24) is 19.7 Å². The molecule has 0 aliphatic rings. The first-order valence-electron chi connectivity index (χ1n) is 10.7. The van der Waals surface area contributed by atoms with Gasteiger partial charge in [-0.15, -0.1) is 0 Å². The van der Waals surface area contributed by atoms with Gasteiger partial charge in [0, 0.05) is 50.0 Å². The summed E-state index contributed by atoms with van der Waals surface area (Å²) in [4.78, 5) is 11.5. The van der Waals surface area contributed by atoms with Crippen molar-refractivity contribution in [3.8, 4) is 0 Å². The van der Waals surface area contributed by atoms with Crippen molar-refractivity contribution < 1.29 is 0 Å². The summed E-state index contributed by atoms with van der Waals surface area (Å²) in [5, 5.41) is 8.15. The Morgan fingerprint density at radius 3 is 2.47 bits per heavy atom. The van der Waals surface area contributed by atoms with Crippen LogP contribution in [0.2, 0.25) is 0 Å². The van der Waals surface area contributed by atoms with E-state index in [1.807, 2.05) is 13.0 Å². The number of rotatable bonds is 9. The van der Waals surface area contributed by atoms with Gasteiger partial charge in [-0.2, -0.15) is 5.10 Å². The zero-order valence-electron chi connectivity index (χ0n) is 19.1. The Labute approximate surface area is 180 Å². The molecule has 0 spiro atoms. The third-order valence-electron chi connectivity index (χ3n) is 5.73. The van der Waals surface area contributed by atoms with Gasteiger partial charge < -0.3 is 10.2 Å². The maximum absolute atomic E-state index is 4.68. The van der Waals surface area contributed by atoms with Crippen LogP contribution in [-0.4, -0.2) is 39.9 Å². The molecule has 1 aromatic carbocycles. The minimum atomic E-state index is 0.258. The van der Waals surface area contributed by atoms with Crippen molar-refractivity contribution in [3.05, 3.63) is 64.9 Å². The molecule has 6 heteroatoms. The van der Waals surface area contributed by atoms with Crippen molar-refractivity contribution in [2.24, 2.45) is 0 Å². The smallest absolute Gasteiger partial charge is 0.129 e. The van der Waals surface area contributed by atoms with Crippen molar-refractivity contribution in [1.29, 1.82) is 0 Å². The number of hydrogen-bond acceptors (Lipinski definition) is 5. The number of aromatic nitrogens is 4. The van der Waals surface area contributed by atoms with Crippen LogP contribution in [-0.2, 0) is 6.54 Å². The van der Waals surface area contributed by atoms with Crippen molar-refractivity contribution in [3.63, 3.8) is 0 Å². The van der Waals surface area contributed by atoms with Gasteiger partial charge >= 0.3 is 0 Å². The van der Waals surface area contributed by atoms with E-state index < -0.39 is 0 Å². The van der Waals surface area contributed by atoms with E-state index in [4.69, 9.17) is 0 Å². The summed E-state index contributed by atoms with van der Waals surface area (Å²) in [5.41, 5.74) is 5.89. The van der Waals surface area contributed by atoms with Crippen LogP contribution in [0.4, 0.5) is 11.5 Å². The van der Waals surface area contributed by atoms with Crippen molar-refractivity contribution in [2.45, 2.75) is 53.5 Å². The monoisotopic (exact) mass is 406 g/mol. The molecular formula is C24H34N6. The predicted octanol–water partition coefficient (Wildman–Crippen LogP) is 4.65. The number of para-hydroxylation sites is 1. The fourth-order valence-electron chi connectivity index (χ4n) is 3.60. The van der Waals surface area contributed by atoms with E-state index in [1.54, 1.807) is 0 Å². The van der Waals surface area contributed by atoms with Crippen LogP contribution in [0.1, 0.15) is 47.7 Å². The minimum Gasteiger partial charge on any atom is -0.375 e. The third-order valence-corrected chi connectivity index (χ3v) is 5.73. The molecule has 0 bridgehead atoms. The summed E-state index contributed by atoms with van der Waals surface area (Å²) in [6, 6.07) is 12.5. The first kappa shape index (κ1) is 21.8. The highest BCUT2D eigenvalue weighted by atomic mass is 15.3. The second-order valence-electron chi connectivity index (χ2n) is 8.14. The zero-order valence-corrected chi connectivity index (χ0v) is 19.1. The van der Waals surface area contributed by atoms with Gasteiger partial charge in [0.25, 0.3) is 0 Å². The summed E-state index contributed by atoms with van der Waals surface area (Å²) in [6.07, 6.45) is 1.03. The maximum Gasteiger partial charge on any atom is 0.129 e. The molecule has 0 radical (unpaired) electrons. The van der Waals surface area contributed by atoms with Crippen LogP contribution in [0.25, 0.3) is 0 Å². The molecule has 0 aliphatic heterocycles. The van der Waals surface area contributed by atoms with E-state index in [0.717, 1.165) is 49.1 Å². The quantitative estimate of drug-likeness (QED) is 0.524. The fraction of sp³-hybridized carbons (Fsp3) is 0.458. The number of hydrogen-bond donors (Lipinski definition) is 1. The molecule has 0 aliphatic carbocycles. The summed E-state index contributed by atoms with van der Waals surface area (Å²) in [5.74, 6) is 1.96. The van der Waals surface area contributed by atoms with Gasteiger partial charge in [0.1, 0.15) is 11.6 Å². The van der Waals surface area contributed by atoms with E-state index >= 15 is 0 Å². The molecule has 3 rings (SSSR count). The molecule has 2 heterocycles. The average Bonchev–Trinajstić information content (AvgIpc) is 2.97. The van der Waals surface area contributed by atoms with Crippen LogP contribution in [0, 0.1) is 27.7 Å². The summed E-state index contributed by atoms with van der Waals surface area (Å²) < 4.78 is 2.10. The Morgan fingerprint density at radius 2 is 1.80 bits per heavy atom. The lowest BCUT2D eigenvalue weighted by Gasteiger charge is -2.19. The standard InChI is InChI=1S/C24H34N6/c1-17(16-30-20(4)18(2)19(3)28-30)23-15-24(27-21(5)26-23)25-13-10-14-29(6)22-11-8-7-9-12-22/h7-9,11-12,15,17H,10,13-14,16H2,1-6H3,(H,25,26,27)/t17-/m0/s1. The van der Waals surface area contributed by atoms with Gasteiger partial charge in [0.05, 0.1) is 11.4 Å². The average molecular weight is 407 g/mol. The van der Waals surface area contributed by atoms with Crippen LogP contribution in [0.15, 0.2) is 36.4 Å². The Balaban J connectivity index is 1.57. The first-order chi connectivity index (χ1) is 14.3. The summed E-state index contributed by atoms with van der Waals surface area (Å²) in [6.45, 7) is 13.2. The summed E-state index contributed by atoms with van der Waals surface area (Å²) >= 11 is 0. The lowest BCUT2D eigenvalue weighted by atomic mass is 10.1. The van der Waals surface area contributed by atoms with Gasteiger partial charge in [-0.1, -0.05) is 25.1 Å². The first-order valence-corrected chi connectivity index (χ1v) is 10.7. The SMILES string of the molecule is Cc1nc(NCCCN(C)c2ccccc2)cc([C@@H](C)Cn2nc(C)c(C)c2C)n1.